The van der Waals surface area contributed by atoms with Crippen molar-refractivity contribution in [1.82, 2.24) is 0 Å². The molecule has 1 rings (SSSR count). The summed E-state index contributed by atoms with van der Waals surface area (Å²) in [6.07, 6.45) is 3.24. The average molecular weight is 283 g/mol. The minimum atomic E-state index is 0.750. The summed E-state index contributed by atoms with van der Waals surface area (Å²) in [6, 6.07) is 10.7. The fourth-order valence-corrected chi connectivity index (χ4v) is 1.16. The van der Waals surface area contributed by atoms with Crippen LogP contribution in [-0.2, 0) is 11.2 Å². The van der Waals surface area contributed by atoms with E-state index >= 15 is 0 Å². The van der Waals surface area contributed by atoms with E-state index in [0.717, 1.165) is 12.2 Å². The Morgan fingerprint density at radius 3 is 1.60 bits per heavy atom. The van der Waals surface area contributed by atoms with E-state index < -0.39 is 0 Å². The van der Waals surface area contributed by atoms with Gasteiger partial charge in [0.25, 0.3) is 0 Å². The van der Waals surface area contributed by atoms with Crippen molar-refractivity contribution in [3.8, 4) is 0 Å². The van der Waals surface area contributed by atoms with Gasteiger partial charge in [-0.15, -0.1) is 0 Å². The van der Waals surface area contributed by atoms with Crippen LogP contribution < -0.4 is 0 Å². The first-order valence-electron chi connectivity index (χ1n) is 8.18. The van der Waals surface area contributed by atoms with Crippen LogP contribution >= 0.6 is 0 Å². The SMILES string of the molecule is CC.CC.CC.CC=O.CCC(C)Cc1ccccc1. The highest BCUT2D eigenvalue weighted by molar-refractivity contribution is 5.44. The summed E-state index contributed by atoms with van der Waals surface area (Å²) in [5.41, 5.74) is 1.46. The molecular weight excluding hydrogens is 244 g/mol. The van der Waals surface area contributed by atoms with Gasteiger partial charge in [-0.3, -0.25) is 0 Å². The van der Waals surface area contributed by atoms with Crippen molar-refractivity contribution < 1.29 is 4.79 Å². The molecule has 0 amide bonds. The highest BCUT2D eigenvalue weighted by Gasteiger charge is 1.98. The largest absolute Gasteiger partial charge is 0.304 e. The first-order chi connectivity index (χ1) is 9.74. The molecule has 0 saturated heterocycles. The summed E-state index contributed by atoms with van der Waals surface area (Å²) < 4.78 is 0. The number of rotatable bonds is 3. The summed E-state index contributed by atoms with van der Waals surface area (Å²) >= 11 is 0. The van der Waals surface area contributed by atoms with Crippen molar-refractivity contribution in [2.45, 2.75) is 75.2 Å². The van der Waals surface area contributed by atoms with E-state index in [-0.39, 0.29) is 0 Å². The van der Waals surface area contributed by atoms with Crippen molar-refractivity contribution in [1.29, 1.82) is 0 Å². The van der Waals surface area contributed by atoms with Gasteiger partial charge in [-0.1, -0.05) is 92.1 Å². The van der Waals surface area contributed by atoms with Crippen LogP contribution in [0.15, 0.2) is 30.3 Å². The van der Waals surface area contributed by atoms with Crippen LogP contribution in [0.1, 0.15) is 74.3 Å². The van der Waals surface area contributed by atoms with Gasteiger partial charge in [-0.25, -0.2) is 0 Å². The number of hydrogen-bond acceptors (Lipinski definition) is 1. The van der Waals surface area contributed by atoms with Gasteiger partial charge in [0.15, 0.2) is 0 Å². The fraction of sp³-hybridized carbons (Fsp3) is 0.632. The molecule has 1 atom stereocenters. The van der Waals surface area contributed by atoms with Gasteiger partial charge in [0.2, 0.25) is 0 Å². The van der Waals surface area contributed by atoms with E-state index in [1.807, 2.05) is 41.5 Å². The Morgan fingerprint density at radius 2 is 1.30 bits per heavy atom. The van der Waals surface area contributed by atoms with E-state index in [0.29, 0.717) is 0 Å². The zero-order chi connectivity index (χ0) is 16.8. The number of carbonyl (C=O) groups is 1. The van der Waals surface area contributed by atoms with Gasteiger partial charge in [0, 0.05) is 0 Å². The molecule has 0 spiro atoms. The molecule has 0 heterocycles. The molecule has 1 aromatic rings. The Labute approximate surface area is 128 Å². The van der Waals surface area contributed by atoms with E-state index in [4.69, 9.17) is 4.79 Å². The Balaban J connectivity index is -0.000000121. The molecule has 0 aliphatic rings. The van der Waals surface area contributed by atoms with Gasteiger partial charge in [0.05, 0.1) is 0 Å². The molecule has 0 fully saturated rings. The summed E-state index contributed by atoms with van der Waals surface area (Å²) in [5, 5.41) is 0. The second-order valence-corrected chi connectivity index (χ2v) is 3.44. The molecule has 1 heteroatoms. The van der Waals surface area contributed by atoms with Crippen molar-refractivity contribution in [3.63, 3.8) is 0 Å². The quantitative estimate of drug-likeness (QED) is 0.574. The highest BCUT2D eigenvalue weighted by Crippen LogP contribution is 2.10. The lowest BCUT2D eigenvalue weighted by molar-refractivity contribution is -0.106. The molecule has 1 nitrogen and oxygen atoms in total. The van der Waals surface area contributed by atoms with Gasteiger partial charge >= 0.3 is 0 Å². The number of aldehydes is 1. The van der Waals surface area contributed by atoms with E-state index in [1.54, 1.807) is 0 Å². The fourth-order valence-electron chi connectivity index (χ4n) is 1.16. The highest BCUT2D eigenvalue weighted by atomic mass is 16.1. The third-order valence-corrected chi connectivity index (χ3v) is 2.12. The molecule has 0 bridgehead atoms. The van der Waals surface area contributed by atoms with E-state index in [2.05, 4.69) is 44.2 Å². The van der Waals surface area contributed by atoms with Crippen molar-refractivity contribution in [2.24, 2.45) is 5.92 Å². The predicted octanol–water partition coefficient (Wildman–Crippen LogP) is 6.56. The average Bonchev–Trinajstić information content (AvgIpc) is 2.55. The molecule has 20 heavy (non-hydrogen) atoms. The van der Waals surface area contributed by atoms with Gasteiger partial charge < -0.3 is 4.79 Å². The summed E-state index contributed by atoms with van der Waals surface area (Å²) in [6.45, 7) is 18.0. The van der Waals surface area contributed by atoms with Crippen LogP contribution in [0, 0.1) is 5.92 Å². The normalized spacial score (nSPS) is 8.65. The molecule has 0 aromatic heterocycles. The van der Waals surface area contributed by atoms with Gasteiger partial charge in [-0.2, -0.15) is 0 Å². The molecule has 0 aliphatic heterocycles. The van der Waals surface area contributed by atoms with Crippen molar-refractivity contribution in [3.05, 3.63) is 35.9 Å². The second-order valence-electron chi connectivity index (χ2n) is 3.44. The molecular formula is C19H38O. The monoisotopic (exact) mass is 282 g/mol. The third kappa shape index (κ3) is 25.7. The minimum Gasteiger partial charge on any atom is -0.304 e. The number of carbonyl (C=O) groups excluding carboxylic acids is 1. The molecule has 1 aromatic carbocycles. The Morgan fingerprint density at radius 1 is 0.950 bits per heavy atom. The lowest BCUT2D eigenvalue weighted by atomic mass is 9.99. The molecule has 1 unspecified atom stereocenters. The lowest BCUT2D eigenvalue weighted by Gasteiger charge is -2.06. The standard InChI is InChI=1S/C11H16.C2H4O.3C2H6/c1-3-10(2)9-11-7-5-4-6-8-11;1-2-3;3*1-2/h4-8,10H,3,9H2,1-2H3;2H,1H3;3*1-2H3. The predicted molar refractivity (Wildman–Crippen MR) is 95.4 cm³/mol. The first kappa shape index (κ1) is 27.3. The van der Waals surface area contributed by atoms with Crippen LogP contribution in [0.25, 0.3) is 0 Å². The van der Waals surface area contributed by atoms with Gasteiger partial charge in [-0.05, 0) is 24.8 Å². The van der Waals surface area contributed by atoms with Crippen LogP contribution in [0.3, 0.4) is 0 Å². The van der Waals surface area contributed by atoms with E-state index in [9.17, 15) is 0 Å². The number of benzene rings is 1. The zero-order valence-corrected chi connectivity index (χ0v) is 15.4. The first-order valence-corrected chi connectivity index (χ1v) is 8.18. The summed E-state index contributed by atoms with van der Waals surface area (Å²) in [5.74, 6) is 0.817. The zero-order valence-electron chi connectivity index (χ0n) is 15.4. The maximum Gasteiger partial charge on any atom is 0.116 e. The topological polar surface area (TPSA) is 17.1 Å². The molecule has 0 aliphatic carbocycles. The van der Waals surface area contributed by atoms with Crippen LogP contribution in [0.2, 0.25) is 0 Å². The molecule has 0 saturated carbocycles. The van der Waals surface area contributed by atoms with Crippen molar-refractivity contribution >= 4 is 6.29 Å². The minimum absolute atomic E-state index is 0.750. The summed E-state index contributed by atoms with van der Waals surface area (Å²) in [4.78, 5) is 8.81. The third-order valence-electron chi connectivity index (χ3n) is 2.12. The molecule has 0 N–H and O–H groups in total. The maximum atomic E-state index is 8.81. The second kappa shape index (κ2) is 30.7. The Hall–Kier alpha value is -1.11. The number of hydrogen-bond donors (Lipinski definition) is 0. The van der Waals surface area contributed by atoms with Crippen LogP contribution in [0.4, 0.5) is 0 Å². The maximum absolute atomic E-state index is 8.81. The van der Waals surface area contributed by atoms with Crippen LogP contribution in [-0.4, -0.2) is 6.29 Å². The van der Waals surface area contributed by atoms with E-state index in [1.165, 1.54) is 25.3 Å². The Kier molecular flexibility index (Phi) is 41.9. The Bertz CT molecular complexity index is 229. The summed E-state index contributed by atoms with van der Waals surface area (Å²) in [7, 11) is 0. The van der Waals surface area contributed by atoms with Crippen LogP contribution in [0.5, 0.6) is 0 Å². The lowest BCUT2D eigenvalue weighted by Crippen LogP contribution is -1.96. The van der Waals surface area contributed by atoms with Crippen molar-refractivity contribution in [2.75, 3.05) is 0 Å². The smallest absolute Gasteiger partial charge is 0.116 e. The molecule has 0 radical (unpaired) electrons. The van der Waals surface area contributed by atoms with Gasteiger partial charge in [0.1, 0.15) is 6.29 Å². The molecule has 120 valence electrons.